The molecular formula is C9H17N3O3. The number of nitrogens with two attached hydrogens (primary N) is 1. The van der Waals surface area contributed by atoms with Crippen LogP contribution in [0, 0.1) is 5.92 Å². The number of hydrogen-bond acceptors (Lipinski definition) is 4. The Balaban J connectivity index is 2.15. The van der Waals surface area contributed by atoms with Crippen LogP contribution in [0.4, 0.5) is 4.79 Å². The molecule has 1 saturated carbocycles. The van der Waals surface area contributed by atoms with Crippen LogP contribution in [0.5, 0.6) is 0 Å². The molecule has 15 heavy (non-hydrogen) atoms. The second-order valence-electron chi connectivity index (χ2n) is 4.10. The summed E-state index contributed by atoms with van der Waals surface area (Å²) in [7, 11) is 1.80. The summed E-state index contributed by atoms with van der Waals surface area (Å²) < 4.78 is 0. The molecule has 0 aromatic carbocycles. The van der Waals surface area contributed by atoms with E-state index in [-0.39, 0.29) is 12.6 Å². The maximum absolute atomic E-state index is 11.1. The van der Waals surface area contributed by atoms with Crippen molar-refractivity contribution in [3.05, 3.63) is 0 Å². The van der Waals surface area contributed by atoms with Crippen LogP contribution in [0.1, 0.15) is 12.8 Å². The lowest BCUT2D eigenvalue weighted by atomic mass is 9.82. The van der Waals surface area contributed by atoms with Gasteiger partial charge in [0, 0.05) is 6.54 Å². The quantitative estimate of drug-likeness (QED) is 0.553. The van der Waals surface area contributed by atoms with Gasteiger partial charge in [-0.05, 0) is 25.8 Å². The number of imide groups is 1. The lowest BCUT2D eigenvalue weighted by Gasteiger charge is -2.34. The molecule has 1 fully saturated rings. The van der Waals surface area contributed by atoms with Crippen molar-refractivity contribution in [2.75, 3.05) is 20.1 Å². The molecule has 0 atom stereocenters. The van der Waals surface area contributed by atoms with E-state index in [1.165, 1.54) is 0 Å². The van der Waals surface area contributed by atoms with E-state index in [0.29, 0.717) is 5.92 Å². The number of hydrogen-bond donors (Lipinski definition) is 3. The van der Waals surface area contributed by atoms with E-state index < -0.39 is 11.9 Å². The fraction of sp³-hybridized carbons (Fsp3) is 0.778. The minimum absolute atomic E-state index is 0.148. The summed E-state index contributed by atoms with van der Waals surface area (Å²) in [6.07, 6.45) is 1.41. The van der Waals surface area contributed by atoms with Gasteiger partial charge in [-0.15, -0.1) is 0 Å². The Morgan fingerprint density at radius 2 is 2.13 bits per heavy atom. The molecule has 4 N–H and O–H groups in total. The number of carbonyl (C=O) groups excluding carboxylic acids is 2. The zero-order valence-corrected chi connectivity index (χ0v) is 8.77. The average molecular weight is 215 g/mol. The molecular weight excluding hydrogens is 198 g/mol. The van der Waals surface area contributed by atoms with Gasteiger partial charge in [0.1, 0.15) is 0 Å². The van der Waals surface area contributed by atoms with Gasteiger partial charge in [-0.3, -0.25) is 15.0 Å². The number of aliphatic hydroxyl groups excluding tert-OH is 1. The van der Waals surface area contributed by atoms with E-state index in [1.54, 1.807) is 7.05 Å². The molecule has 0 aliphatic heterocycles. The van der Waals surface area contributed by atoms with Crippen LogP contribution in [0.15, 0.2) is 0 Å². The summed E-state index contributed by atoms with van der Waals surface area (Å²) in [6, 6.07) is -0.826. The van der Waals surface area contributed by atoms with E-state index in [9.17, 15) is 9.59 Å². The lowest BCUT2D eigenvalue weighted by Crippen LogP contribution is -2.44. The zero-order valence-electron chi connectivity index (χ0n) is 8.77. The van der Waals surface area contributed by atoms with Crippen LogP contribution in [0.2, 0.25) is 0 Å². The second kappa shape index (κ2) is 5.09. The smallest absolute Gasteiger partial charge is 0.318 e. The highest BCUT2D eigenvalue weighted by Crippen LogP contribution is 2.27. The monoisotopic (exact) mass is 215 g/mol. The van der Waals surface area contributed by atoms with Gasteiger partial charge in [0.05, 0.1) is 12.6 Å². The van der Waals surface area contributed by atoms with Gasteiger partial charge in [-0.25, -0.2) is 4.79 Å². The topological polar surface area (TPSA) is 95.7 Å². The third-order valence-electron chi connectivity index (χ3n) is 2.46. The molecule has 0 bridgehead atoms. The van der Waals surface area contributed by atoms with Gasteiger partial charge in [-0.2, -0.15) is 0 Å². The van der Waals surface area contributed by atoms with Crippen molar-refractivity contribution in [3.8, 4) is 0 Å². The first-order valence-corrected chi connectivity index (χ1v) is 4.93. The predicted molar refractivity (Wildman–Crippen MR) is 54.0 cm³/mol. The summed E-state index contributed by atoms with van der Waals surface area (Å²) in [5.74, 6) is 0.0521. The summed E-state index contributed by atoms with van der Waals surface area (Å²) in [4.78, 5) is 23.3. The minimum Gasteiger partial charge on any atom is -0.393 e. The van der Waals surface area contributed by atoms with Crippen LogP contribution in [-0.2, 0) is 4.79 Å². The number of nitrogens with zero attached hydrogens (tertiary/aromatic N) is 1. The molecule has 6 heteroatoms. The first-order chi connectivity index (χ1) is 6.97. The van der Waals surface area contributed by atoms with Crippen LogP contribution in [0.3, 0.4) is 0 Å². The van der Waals surface area contributed by atoms with Gasteiger partial charge in [0.15, 0.2) is 0 Å². The first kappa shape index (κ1) is 11.9. The number of amides is 3. The standard InChI is InChI=1S/C9H17N3O3/c1-12(4-6-2-7(13)3-6)5-8(14)11-9(10)15/h6-7,13H,2-5H2,1H3,(H3,10,11,14,15). The Morgan fingerprint density at radius 1 is 1.53 bits per heavy atom. The van der Waals surface area contributed by atoms with Gasteiger partial charge < -0.3 is 10.8 Å². The molecule has 0 aromatic heterocycles. The van der Waals surface area contributed by atoms with Crippen LogP contribution >= 0.6 is 0 Å². The Morgan fingerprint density at radius 3 is 2.60 bits per heavy atom. The van der Waals surface area contributed by atoms with Crippen molar-refractivity contribution < 1.29 is 14.7 Å². The fourth-order valence-electron chi connectivity index (χ4n) is 1.78. The molecule has 0 radical (unpaired) electrons. The van der Waals surface area contributed by atoms with Crippen molar-refractivity contribution in [1.29, 1.82) is 0 Å². The first-order valence-electron chi connectivity index (χ1n) is 4.93. The van der Waals surface area contributed by atoms with E-state index in [2.05, 4.69) is 0 Å². The number of nitrogens with one attached hydrogen (secondary N) is 1. The van der Waals surface area contributed by atoms with Gasteiger partial charge in [-0.1, -0.05) is 0 Å². The van der Waals surface area contributed by atoms with Crippen LogP contribution in [-0.4, -0.2) is 48.2 Å². The maximum Gasteiger partial charge on any atom is 0.318 e. The van der Waals surface area contributed by atoms with Crippen molar-refractivity contribution in [1.82, 2.24) is 10.2 Å². The average Bonchev–Trinajstić information content (AvgIpc) is 1.98. The Labute approximate surface area is 88.4 Å². The third kappa shape index (κ3) is 4.26. The largest absolute Gasteiger partial charge is 0.393 e. The summed E-state index contributed by atoms with van der Waals surface area (Å²) in [5, 5.41) is 11.1. The summed E-state index contributed by atoms with van der Waals surface area (Å²) in [5.41, 5.74) is 4.80. The third-order valence-corrected chi connectivity index (χ3v) is 2.46. The Hall–Kier alpha value is -1.14. The summed E-state index contributed by atoms with van der Waals surface area (Å²) >= 11 is 0. The van der Waals surface area contributed by atoms with E-state index >= 15 is 0 Å². The molecule has 3 amide bonds. The van der Waals surface area contributed by atoms with E-state index in [1.807, 2.05) is 10.2 Å². The number of likely N-dealkylation sites (N-methyl/N-ethyl adjacent to an activating group) is 1. The Bertz CT molecular complexity index is 251. The molecule has 0 aromatic rings. The number of urea groups is 1. The van der Waals surface area contributed by atoms with E-state index in [4.69, 9.17) is 10.8 Å². The molecule has 0 spiro atoms. The molecule has 1 aliphatic carbocycles. The van der Waals surface area contributed by atoms with E-state index in [0.717, 1.165) is 19.4 Å². The zero-order chi connectivity index (χ0) is 11.4. The molecule has 1 aliphatic rings. The SMILES string of the molecule is CN(CC(=O)NC(N)=O)CC1CC(O)C1. The van der Waals surface area contributed by atoms with Gasteiger partial charge in [0.2, 0.25) is 5.91 Å². The molecule has 0 unspecified atom stereocenters. The number of primary amides is 1. The second-order valence-corrected chi connectivity index (χ2v) is 4.10. The Kier molecular flexibility index (Phi) is 4.05. The predicted octanol–water partition coefficient (Wildman–Crippen LogP) is -1.12. The molecule has 1 rings (SSSR count). The van der Waals surface area contributed by atoms with Gasteiger partial charge in [0.25, 0.3) is 0 Å². The molecule has 6 nitrogen and oxygen atoms in total. The van der Waals surface area contributed by atoms with Crippen molar-refractivity contribution in [2.24, 2.45) is 11.7 Å². The molecule has 0 saturated heterocycles. The fourth-order valence-corrected chi connectivity index (χ4v) is 1.78. The number of rotatable bonds is 4. The maximum atomic E-state index is 11.1. The minimum atomic E-state index is -0.826. The highest BCUT2D eigenvalue weighted by Gasteiger charge is 2.28. The van der Waals surface area contributed by atoms with Crippen LogP contribution < -0.4 is 11.1 Å². The molecule has 86 valence electrons. The molecule has 0 heterocycles. The van der Waals surface area contributed by atoms with Crippen molar-refractivity contribution >= 4 is 11.9 Å². The lowest BCUT2D eigenvalue weighted by molar-refractivity contribution is -0.121. The van der Waals surface area contributed by atoms with Crippen molar-refractivity contribution in [3.63, 3.8) is 0 Å². The highest BCUT2D eigenvalue weighted by atomic mass is 16.3. The highest BCUT2D eigenvalue weighted by molar-refractivity contribution is 5.94. The van der Waals surface area contributed by atoms with Crippen LogP contribution in [0.25, 0.3) is 0 Å². The van der Waals surface area contributed by atoms with Crippen molar-refractivity contribution in [2.45, 2.75) is 18.9 Å². The van der Waals surface area contributed by atoms with Gasteiger partial charge >= 0.3 is 6.03 Å². The summed E-state index contributed by atoms with van der Waals surface area (Å²) in [6.45, 7) is 0.902. The number of aliphatic hydroxyl groups is 1. The normalized spacial score (nSPS) is 24.7. The number of carbonyl (C=O) groups is 2.